The van der Waals surface area contributed by atoms with Gasteiger partial charge in [-0.25, -0.2) is 0 Å². The molecule has 7 unspecified atom stereocenters. The fourth-order valence-corrected chi connectivity index (χ4v) is 11.5. The molecule has 58 heavy (non-hydrogen) atoms. The lowest BCUT2D eigenvalue weighted by atomic mass is 9.68. The summed E-state index contributed by atoms with van der Waals surface area (Å²) in [5, 5.41) is 1.38. The molecule has 0 fully saturated rings. The summed E-state index contributed by atoms with van der Waals surface area (Å²) in [4.78, 5) is 4.95. The molecule has 10 rings (SSSR count). The van der Waals surface area contributed by atoms with Gasteiger partial charge in [-0.3, -0.25) is 0 Å². The highest BCUT2D eigenvalue weighted by Gasteiger charge is 2.48. The molecule has 3 heteroatoms. The van der Waals surface area contributed by atoms with Crippen molar-refractivity contribution in [3.05, 3.63) is 197 Å². The highest BCUT2D eigenvalue weighted by Crippen LogP contribution is 2.57. The SMILES string of the molecule is CC1C=C(C2=CN(C)CC=C2)C=CC1N(C1=CC=C2c3ccccc3C(C)(C)C2C1C)c1ccc(C2(C)C=Cc3c(c4ccccc4n3C3C=CC=CC3C)C2)cc1. The molecule has 1 aliphatic heterocycles. The first-order chi connectivity index (χ1) is 28.0. The van der Waals surface area contributed by atoms with E-state index < -0.39 is 0 Å². The number of benzene rings is 3. The molecule has 292 valence electrons. The van der Waals surface area contributed by atoms with E-state index in [0.29, 0.717) is 29.7 Å². The van der Waals surface area contributed by atoms with E-state index in [2.05, 4.69) is 221 Å². The number of rotatable bonds is 6. The average molecular weight is 760 g/mol. The molecule has 3 aromatic carbocycles. The highest BCUT2D eigenvalue weighted by atomic mass is 15.2. The molecular weight excluding hydrogens is 703 g/mol. The number of anilines is 1. The number of fused-ring (bicyclic) bond motifs is 6. The number of para-hydroxylation sites is 1. The molecule has 0 N–H and O–H groups in total. The van der Waals surface area contributed by atoms with E-state index in [4.69, 9.17) is 0 Å². The fourth-order valence-electron chi connectivity index (χ4n) is 11.5. The van der Waals surface area contributed by atoms with Crippen molar-refractivity contribution < 1.29 is 0 Å². The van der Waals surface area contributed by atoms with Crippen LogP contribution < -0.4 is 4.90 Å². The minimum Gasteiger partial charge on any atom is -0.376 e. The van der Waals surface area contributed by atoms with Crippen LogP contribution in [0, 0.1) is 23.7 Å². The van der Waals surface area contributed by atoms with E-state index in [1.807, 2.05) is 0 Å². The Labute approximate surface area is 346 Å². The molecule has 1 aromatic heterocycles. The van der Waals surface area contributed by atoms with Crippen LogP contribution in [0.5, 0.6) is 0 Å². The number of likely N-dealkylation sites (N-methyl/N-ethyl adjacent to an activating group) is 1. The van der Waals surface area contributed by atoms with Crippen molar-refractivity contribution >= 4 is 28.2 Å². The minimum atomic E-state index is -0.127. The van der Waals surface area contributed by atoms with Gasteiger partial charge in [-0.1, -0.05) is 163 Å². The van der Waals surface area contributed by atoms with Crippen molar-refractivity contribution in [1.82, 2.24) is 9.47 Å². The highest BCUT2D eigenvalue weighted by molar-refractivity contribution is 5.90. The van der Waals surface area contributed by atoms with E-state index >= 15 is 0 Å². The normalized spacial score (nSPS) is 29.1. The van der Waals surface area contributed by atoms with E-state index in [1.54, 1.807) is 0 Å². The molecular formula is C55H57N3. The van der Waals surface area contributed by atoms with E-state index in [1.165, 1.54) is 67.0 Å². The number of hydrogen-bond acceptors (Lipinski definition) is 2. The minimum absolute atomic E-state index is 0.0374. The standard InChI is InChI=1S/C55H57N3/c1-36-15-8-12-20-48(36)58-51-21-13-10-18-44(51)46-34-55(6,31-30-52(46)58)41-23-25-42(26-24-41)57(49-28-22-39(33-37(49)2)40-16-14-32-56(7)35-40)50-29-27-45-43-17-9-11-19-47(43)54(4,5)53(45)38(50)3/h8-31,33,35-38,48-49,53H,32,34H2,1-7H3. The van der Waals surface area contributed by atoms with E-state index in [0.717, 1.165) is 13.0 Å². The third kappa shape index (κ3) is 5.75. The van der Waals surface area contributed by atoms with Gasteiger partial charge in [-0.05, 0) is 93.0 Å². The summed E-state index contributed by atoms with van der Waals surface area (Å²) in [5.41, 5.74) is 15.1. The van der Waals surface area contributed by atoms with Gasteiger partial charge in [0.2, 0.25) is 0 Å². The summed E-state index contributed by atoms with van der Waals surface area (Å²) < 4.78 is 2.59. The monoisotopic (exact) mass is 759 g/mol. The molecule has 3 nitrogen and oxygen atoms in total. The topological polar surface area (TPSA) is 11.4 Å². The molecule has 0 saturated heterocycles. The molecule has 2 heterocycles. The van der Waals surface area contributed by atoms with Crippen LogP contribution in [0.15, 0.2) is 169 Å². The zero-order chi connectivity index (χ0) is 39.9. The summed E-state index contributed by atoms with van der Waals surface area (Å²) in [5.74, 6) is 1.48. The Morgan fingerprint density at radius 1 is 0.759 bits per heavy atom. The first kappa shape index (κ1) is 36.8. The first-order valence-electron chi connectivity index (χ1n) is 21.6. The van der Waals surface area contributed by atoms with E-state index in [9.17, 15) is 0 Å². The van der Waals surface area contributed by atoms with Gasteiger partial charge in [0.25, 0.3) is 0 Å². The van der Waals surface area contributed by atoms with Crippen molar-refractivity contribution in [1.29, 1.82) is 0 Å². The summed E-state index contributed by atoms with van der Waals surface area (Å²) in [6.45, 7) is 15.5. The molecule has 0 amide bonds. The molecule has 0 spiro atoms. The van der Waals surface area contributed by atoms with Gasteiger partial charge in [-0.2, -0.15) is 0 Å². The molecule has 4 aromatic rings. The summed E-state index contributed by atoms with van der Waals surface area (Å²) >= 11 is 0. The second kappa shape index (κ2) is 13.8. The molecule has 7 atom stereocenters. The lowest BCUT2D eigenvalue weighted by molar-refractivity contribution is 0.328. The Morgan fingerprint density at radius 2 is 1.53 bits per heavy atom. The fraction of sp³-hybridized carbons (Fsp3) is 0.309. The van der Waals surface area contributed by atoms with Crippen molar-refractivity contribution in [2.45, 2.75) is 70.9 Å². The van der Waals surface area contributed by atoms with Crippen LogP contribution in [0.1, 0.15) is 75.5 Å². The van der Waals surface area contributed by atoms with Gasteiger partial charge in [0.15, 0.2) is 0 Å². The van der Waals surface area contributed by atoms with Gasteiger partial charge < -0.3 is 14.4 Å². The summed E-state index contributed by atoms with van der Waals surface area (Å²) in [6.07, 6.45) is 34.0. The maximum atomic E-state index is 2.69. The third-order valence-electron chi connectivity index (χ3n) is 14.5. The molecule has 0 saturated carbocycles. The van der Waals surface area contributed by atoms with Crippen LogP contribution in [0.4, 0.5) is 5.69 Å². The van der Waals surface area contributed by atoms with Crippen LogP contribution in [0.2, 0.25) is 0 Å². The van der Waals surface area contributed by atoms with Crippen LogP contribution >= 0.6 is 0 Å². The van der Waals surface area contributed by atoms with Gasteiger partial charge in [0.05, 0.1) is 12.1 Å². The Kier molecular flexibility index (Phi) is 8.75. The Bertz CT molecular complexity index is 2590. The molecule has 5 aliphatic carbocycles. The maximum Gasteiger partial charge on any atom is 0.0585 e. The van der Waals surface area contributed by atoms with Gasteiger partial charge in [0, 0.05) is 65.0 Å². The number of hydrogen-bond donors (Lipinski definition) is 0. The zero-order valence-corrected chi connectivity index (χ0v) is 35.2. The van der Waals surface area contributed by atoms with E-state index in [-0.39, 0.29) is 16.9 Å². The first-order valence-corrected chi connectivity index (χ1v) is 21.6. The average Bonchev–Trinajstić information content (AvgIpc) is 3.67. The van der Waals surface area contributed by atoms with Crippen molar-refractivity contribution in [2.75, 3.05) is 18.5 Å². The second-order valence-electron chi connectivity index (χ2n) is 18.7. The number of aromatic nitrogens is 1. The summed E-state index contributed by atoms with van der Waals surface area (Å²) in [6, 6.07) is 28.3. The largest absolute Gasteiger partial charge is 0.376 e. The van der Waals surface area contributed by atoms with Gasteiger partial charge in [-0.15, -0.1) is 0 Å². The Hall–Kier alpha value is -5.54. The Morgan fingerprint density at radius 3 is 2.33 bits per heavy atom. The molecule has 0 bridgehead atoms. The lowest BCUT2D eigenvalue weighted by Gasteiger charge is -2.45. The quantitative estimate of drug-likeness (QED) is 0.194. The predicted molar refractivity (Wildman–Crippen MR) is 246 cm³/mol. The number of nitrogens with zero attached hydrogens (tertiary/aromatic N) is 3. The van der Waals surface area contributed by atoms with Crippen LogP contribution in [0.25, 0.3) is 22.6 Å². The maximum absolute atomic E-state index is 2.69. The van der Waals surface area contributed by atoms with Gasteiger partial charge in [0.1, 0.15) is 0 Å². The van der Waals surface area contributed by atoms with Crippen LogP contribution in [-0.4, -0.2) is 29.1 Å². The predicted octanol–water partition coefficient (Wildman–Crippen LogP) is 12.7. The van der Waals surface area contributed by atoms with Crippen LogP contribution in [-0.2, 0) is 17.3 Å². The molecule has 0 radical (unpaired) electrons. The van der Waals surface area contributed by atoms with Crippen molar-refractivity contribution in [3.8, 4) is 0 Å². The summed E-state index contributed by atoms with van der Waals surface area (Å²) in [7, 11) is 2.16. The van der Waals surface area contributed by atoms with Crippen molar-refractivity contribution in [3.63, 3.8) is 0 Å². The third-order valence-corrected chi connectivity index (χ3v) is 14.5. The number of allylic oxidation sites excluding steroid dienone is 13. The van der Waals surface area contributed by atoms with Crippen molar-refractivity contribution in [2.24, 2.45) is 23.7 Å². The Balaban J connectivity index is 1.02. The van der Waals surface area contributed by atoms with Gasteiger partial charge >= 0.3 is 0 Å². The second-order valence-corrected chi connectivity index (χ2v) is 18.7. The smallest absolute Gasteiger partial charge is 0.0585 e. The molecule has 6 aliphatic rings. The van der Waals surface area contributed by atoms with Crippen LogP contribution in [0.3, 0.4) is 0 Å². The zero-order valence-electron chi connectivity index (χ0n) is 35.2. The lowest BCUT2D eigenvalue weighted by Crippen LogP contribution is -2.43.